The molecule has 0 aromatic carbocycles. The van der Waals surface area contributed by atoms with Gasteiger partial charge in [0.05, 0.1) is 13.2 Å². The quantitative estimate of drug-likeness (QED) is 0.758. The molecule has 2 fully saturated rings. The molecule has 0 aliphatic carbocycles. The van der Waals surface area contributed by atoms with Crippen LogP contribution in [0.2, 0.25) is 0 Å². The van der Waals surface area contributed by atoms with Crippen molar-refractivity contribution in [2.45, 2.75) is 38.3 Å². The van der Waals surface area contributed by atoms with E-state index in [1.54, 1.807) is 12.0 Å². The fourth-order valence-corrected chi connectivity index (χ4v) is 3.21. The minimum absolute atomic E-state index is 0.00702. The number of aromatic nitrogens is 2. The minimum atomic E-state index is -0.213. The standard InChI is InChI=1S/C16H24N4O5/c1-23-9-6-20-12(2-3-14(20)21)16-18-13(19-25-16)10-17-15(22)11-4-7-24-8-5-11/h11-12H,2-10H2,1H3,(H,17,22)/t12-/m0/s1. The molecule has 2 amide bonds. The van der Waals surface area contributed by atoms with Gasteiger partial charge in [-0.1, -0.05) is 5.16 Å². The third-order valence-corrected chi connectivity index (χ3v) is 4.65. The van der Waals surface area contributed by atoms with E-state index in [1.807, 2.05) is 0 Å². The molecule has 2 aliphatic heterocycles. The second-order valence-electron chi connectivity index (χ2n) is 6.29. The summed E-state index contributed by atoms with van der Waals surface area (Å²) in [6.07, 6.45) is 2.59. The molecule has 9 nitrogen and oxygen atoms in total. The summed E-state index contributed by atoms with van der Waals surface area (Å²) in [5.74, 6) is 0.873. The van der Waals surface area contributed by atoms with Crippen LogP contribution in [0.25, 0.3) is 0 Å². The number of carbonyl (C=O) groups excluding carboxylic acids is 2. The maximum Gasteiger partial charge on any atom is 0.249 e. The molecule has 3 rings (SSSR count). The van der Waals surface area contributed by atoms with Crippen molar-refractivity contribution in [2.75, 3.05) is 33.5 Å². The van der Waals surface area contributed by atoms with Crippen molar-refractivity contribution in [1.82, 2.24) is 20.4 Å². The van der Waals surface area contributed by atoms with Crippen LogP contribution in [-0.4, -0.2) is 60.3 Å². The molecule has 0 saturated carbocycles. The van der Waals surface area contributed by atoms with Crippen molar-refractivity contribution in [3.05, 3.63) is 11.7 Å². The Hall–Kier alpha value is -2.00. The molecule has 138 valence electrons. The van der Waals surface area contributed by atoms with Crippen LogP contribution < -0.4 is 5.32 Å². The first-order valence-electron chi connectivity index (χ1n) is 8.65. The summed E-state index contributed by atoms with van der Waals surface area (Å²) in [6, 6.07) is -0.213. The lowest BCUT2D eigenvalue weighted by atomic mass is 9.99. The summed E-state index contributed by atoms with van der Waals surface area (Å²) >= 11 is 0. The Morgan fingerprint density at radius 3 is 2.92 bits per heavy atom. The molecule has 0 spiro atoms. The van der Waals surface area contributed by atoms with Crippen LogP contribution in [0.3, 0.4) is 0 Å². The van der Waals surface area contributed by atoms with Crippen molar-refractivity contribution in [3.8, 4) is 0 Å². The normalized spacial score (nSPS) is 21.7. The zero-order valence-corrected chi connectivity index (χ0v) is 14.4. The van der Waals surface area contributed by atoms with E-state index in [0.717, 1.165) is 12.8 Å². The number of nitrogens with one attached hydrogen (secondary N) is 1. The molecule has 1 aromatic rings. The molecular weight excluding hydrogens is 328 g/mol. The van der Waals surface area contributed by atoms with E-state index in [-0.39, 0.29) is 30.3 Å². The summed E-state index contributed by atoms with van der Waals surface area (Å²) in [5.41, 5.74) is 0. The Labute approximate surface area is 146 Å². The zero-order valence-electron chi connectivity index (χ0n) is 14.4. The summed E-state index contributed by atoms with van der Waals surface area (Å²) in [4.78, 5) is 30.2. The molecule has 0 unspecified atom stereocenters. The molecular formula is C16H24N4O5. The molecule has 3 heterocycles. The minimum Gasteiger partial charge on any atom is -0.383 e. The predicted molar refractivity (Wildman–Crippen MR) is 85.3 cm³/mol. The number of carbonyl (C=O) groups is 2. The molecule has 2 aliphatic rings. The smallest absolute Gasteiger partial charge is 0.249 e. The van der Waals surface area contributed by atoms with Gasteiger partial charge < -0.3 is 24.2 Å². The van der Waals surface area contributed by atoms with Gasteiger partial charge >= 0.3 is 0 Å². The number of methoxy groups -OCH3 is 1. The van der Waals surface area contributed by atoms with Crippen molar-refractivity contribution < 1.29 is 23.6 Å². The Kier molecular flexibility index (Phi) is 5.98. The van der Waals surface area contributed by atoms with Crippen LogP contribution in [0.1, 0.15) is 43.4 Å². The van der Waals surface area contributed by atoms with Crippen molar-refractivity contribution >= 4 is 11.8 Å². The number of rotatable bonds is 7. The summed E-state index contributed by atoms with van der Waals surface area (Å²) in [5, 5.41) is 6.77. The van der Waals surface area contributed by atoms with Crippen LogP contribution in [-0.2, 0) is 25.6 Å². The SMILES string of the molecule is COCCN1C(=O)CC[C@H]1c1nc(CNC(=O)C2CCOCC2)no1. The average Bonchev–Trinajstić information content (AvgIpc) is 3.25. The summed E-state index contributed by atoms with van der Waals surface area (Å²) in [6.45, 7) is 2.43. The van der Waals surface area contributed by atoms with Gasteiger partial charge in [0.25, 0.3) is 0 Å². The van der Waals surface area contributed by atoms with Gasteiger partial charge in [0, 0.05) is 39.2 Å². The Morgan fingerprint density at radius 2 is 2.16 bits per heavy atom. The van der Waals surface area contributed by atoms with Gasteiger partial charge in [0.1, 0.15) is 6.04 Å². The van der Waals surface area contributed by atoms with E-state index in [1.165, 1.54) is 0 Å². The predicted octanol–water partition coefficient (Wildman–Crippen LogP) is 0.422. The van der Waals surface area contributed by atoms with Crippen molar-refractivity contribution in [1.29, 1.82) is 0 Å². The highest BCUT2D eigenvalue weighted by Gasteiger charge is 2.35. The highest BCUT2D eigenvalue weighted by atomic mass is 16.5. The highest BCUT2D eigenvalue weighted by molar-refractivity contribution is 5.79. The molecule has 9 heteroatoms. The monoisotopic (exact) mass is 352 g/mol. The second kappa shape index (κ2) is 8.39. The Morgan fingerprint density at radius 1 is 1.36 bits per heavy atom. The molecule has 1 aromatic heterocycles. The van der Waals surface area contributed by atoms with Gasteiger partial charge in [0.2, 0.25) is 17.7 Å². The van der Waals surface area contributed by atoms with Gasteiger partial charge in [0.15, 0.2) is 5.82 Å². The van der Waals surface area contributed by atoms with Crippen molar-refractivity contribution in [3.63, 3.8) is 0 Å². The third-order valence-electron chi connectivity index (χ3n) is 4.65. The van der Waals surface area contributed by atoms with E-state index in [0.29, 0.717) is 50.9 Å². The van der Waals surface area contributed by atoms with E-state index in [2.05, 4.69) is 15.5 Å². The lowest BCUT2D eigenvalue weighted by Crippen LogP contribution is -2.34. The Balaban J connectivity index is 1.54. The molecule has 1 N–H and O–H groups in total. The van der Waals surface area contributed by atoms with Crippen molar-refractivity contribution in [2.24, 2.45) is 5.92 Å². The zero-order chi connectivity index (χ0) is 17.6. The van der Waals surface area contributed by atoms with Gasteiger partial charge in [-0.25, -0.2) is 0 Å². The average molecular weight is 352 g/mol. The van der Waals surface area contributed by atoms with Gasteiger partial charge in [-0.2, -0.15) is 4.98 Å². The maximum atomic E-state index is 12.1. The molecule has 0 radical (unpaired) electrons. The third kappa shape index (κ3) is 4.35. The van der Waals surface area contributed by atoms with E-state index in [4.69, 9.17) is 14.0 Å². The number of ether oxygens (including phenoxy) is 2. The molecule has 2 saturated heterocycles. The molecule has 1 atom stereocenters. The molecule has 25 heavy (non-hydrogen) atoms. The lowest BCUT2D eigenvalue weighted by Gasteiger charge is -2.21. The maximum absolute atomic E-state index is 12.1. The number of hydrogen-bond donors (Lipinski definition) is 1. The molecule has 0 bridgehead atoms. The number of nitrogens with zero attached hydrogens (tertiary/aromatic N) is 3. The van der Waals surface area contributed by atoms with Gasteiger partial charge in [-0.05, 0) is 19.3 Å². The van der Waals surface area contributed by atoms with E-state index < -0.39 is 0 Å². The first kappa shape index (κ1) is 17.8. The number of likely N-dealkylation sites (tertiary alicyclic amines) is 1. The van der Waals surface area contributed by atoms with Crippen LogP contribution in [0.5, 0.6) is 0 Å². The fraction of sp³-hybridized carbons (Fsp3) is 0.750. The van der Waals surface area contributed by atoms with Crippen LogP contribution in [0.4, 0.5) is 0 Å². The van der Waals surface area contributed by atoms with Gasteiger partial charge in [-0.15, -0.1) is 0 Å². The van der Waals surface area contributed by atoms with Crippen LogP contribution >= 0.6 is 0 Å². The Bertz CT molecular complexity index is 599. The van der Waals surface area contributed by atoms with Gasteiger partial charge in [-0.3, -0.25) is 9.59 Å². The van der Waals surface area contributed by atoms with E-state index in [9.17, 15) is 9.59 Å². The van der Waals surface area contributed by atoms with Crippen LogP contribution in [0.15, 0.2) is 4.52 Å². The van der Waals surface area contributed by atoms with Crippen LogP contribution in [0, 0.1) is 5.92 Å². The lowest BCUT2D eigenvalue weighted by molar-refractivity contribution is -0.130. The van der Waals surface area contributed by atoms with E-state index >= 15 is 0 Å². The number of hydrogen-bond acceptors (Lipinski definition) is 7. The largest absolute Gasteiger partial charge is 0.383 e. The summed E-state index contributed by atoms with van der Waals surface area (Å²) in [7, 11) is 1.60. The second-order valence-corrected chi connectivity index (χ2v) is 6.29. The first-order chi connectivity index (χ1) is 12.2. The fourth-order valence-electron chi connectivity index (χ4n) is 3.21. The number of amides is 2. The first-order valence-corrected chi connectivity index (χ1v) is 8.65. The topological polar surface area (TPSA) is 107 Å². The summed E-state index contributed by atoms with van der Waals surface area (Å²) < 4.78 is 15.6. The highest BCUT2D eigenvalue weighted by Crippen LogP contribution is 2.31.